The molecule has 2 aromatic rings. The average Bonchev–Trinajstić information content (AvgIpc) is 3.02. The molecule has 2 rings (SSSR count). The van der Waals surface area contributed by atoms with Gasteiger partial charge in [0.05, 0.1) is 18.8 Å². The van der Waals surface area contributed by atoms with Crippen LogP contribution in [0.25, 0.3) is 0 Å². The SMILES string of the molecule is CC(NC(=O)c1cn[nH]n1)c1ccc(C#CCCO)cc1. The van der Waals surface area contributed by atoms with Crippen LogP contribution in [0.15, 0.2) is 30.5 Å². The predicted molar refractivity (Wildman–Crippen MR) is 77.3 cm³/mol. The number of benzene rings is 1. The number of carbonyl (C=O) groups is 1. The minimum atomic E-state index is -0.275. The van der Waals surface area contributed by atoms with E-state index in [0.29, 0.717) is 6.42 Å². The number of aliphatic hydroxyl groups excluding tert-OH is 1. The van der Waals surface area contributed by atoms with E-state index in [1.54, 1.807) is 0 Å². The number of aromatic nitrogens is 3. The van der Waals surface area contributed by atoms with Gasteiger partial charge in [-0.05, 0) is 24.6 Å². The third kappa shape index (κ3) is 4.16. The molecule has 0 aliphatic heterocycles. The van der Waals surface area contributed by atoms with E-state index in [1.807, 2.05) is 31.2 Å². The summed E-state index contributed by atoms with van der Waals surface area (Å²) in [7, 11) is 0. The van der Waals surface area contributed by atoms with Crippen molar-refractivity contribution in [2.75, 3.05) is 6.61 Å². The molecule has 3 N–H and O–H groups in total. The number of aliphatic hydroxyl groups is 1. The van der Waals surface area contributed by atoms with E-state index >= 15 is 0 Å². The van der Waals surface area contributed by atoms with Crippen molar-refractivity contribution in [3.63, 3.8) is 0 Å². The molecule has 0 aliphatic rings. The van der Waals surface area contributed by atoms with Crippen LogP contribution in [0.4, 0.5) is 0 Å². The number of amides is 1. The Morgan fingerprint density at radius 2 is 2.19 bits per heavy atom. The molecule has 6 nitrogen and oxygen atoms in total. The first kappa shape index (κ1) is 14.8. The molecule has 0 saturated carbocycles. The van der Waals surface area contributed by atoms with Crippen molar-refractivity contribution >= 4 is 5.91 Å². The fraction of sp³-hybridized carbons (Fsp3) is 0.267. The number of H-pyrrole nitrogens is 1. The second kappa shape index (κ2) is 7.22. The van der Waals surface area contributed by atoms with Gasteiger partial charge in [0.15, 0.2) is 5.69 Å². The Morgan fingerprint density at radius 1 is 1.43 bits per heavy atom. The zero-order valence-electron chi connectivity index (χ0n) is 11.6. The van der Waals surface area contributed by atoms with Gasteiger partial charge >= 0.3 is 0 Å². The highest BCUT2D eigenvalue weighted by atomic mass is 16.2. The standard InChI is InChI=1S/C15H16N4O2/c1-11(17-15(21)14-10-16-19-18-14)13-7-5-12(6-8-13)4-2-3-9-20/h5-8,10-11,20H,3,9H2,1H3,(H,17,21)(H,16,18,19). The van der Waals surface area contributed by atoms with Crippen LogP contribution < -0.4 is 5.32 Å². The van der Waals surface area contributed by atoms with Crippen molar-refractivity contribution in [3.8, 4) is 11.8 Å². The highest BCUT2D eigenvalue weighted by Gasteiger charge is 2.13. The molecule has 0 radical (unpaired) electrons. The molecule has 1 unspecified atom stereocenters. The van der Waals surface area contributed by atoms with Crippen molar-refractivity contribution in [2.45, 2.75) is 19.4 Å². The summed E-state index contributed by atoms with van der Waals surface area (Å²) >= 11 is 0. The van der Waals surface area contributed by atoms with E-state index in [-0.39, 0.29) is 24.2 Å². The van der Waals surface area contributed by atoms with Crippen molar-refractivity contribution in [2.24, 2.45) is 0 Å². The number of aromatic amines is 1. The topological polar surface area (TPSA) is 90.9 Å². The summed E-state index contributed by atoms with van der Waals surface area (Å²) in [5, 5.41) is 21.2. The molecule has 0 saturated heterocycles. The van der Waals surface area contributed by atoms with Crippen molar-refractivity contribution < 1.29 is 9.90 Å². The maximum absolute atomic E-state index is 11.9. The maximum atomic E-state index is 11.9. The number of carbonyl (C=O) groups excluding carboxylic acids is 1. The van der Waals surface area contributed by atoms with Crippen LogP contribution in [-0.4, -0.2) is 33.0 Å². The molecular formula is C15H16N4O2. The van der Waals surface area contributed by atoms with Gasteiger partial charge in [0.1, 0.15) is 0 Å². The summed E-state index contributed by atoms with van der Waals surface area (Å²) in [6, 6.07) is 7.46. The van der Waals surface area contributed by atoms with Crippen molar-refractivity contribution in [3.05, 3.63) is 47.3 Å². The molecular weight excluding hydrogens is 268 g/mol. The average molecular weight is 284 g/mol. The first-order chi connectivity index (χ1) is 10.2. The number of nitrogens with one attached hydrogen (secondary N) is 2. The summed E-state index contributed by atoms with van der Waals surface area (Å²) in [4.78, 5) is 11.9. The minimum Gasteiger partial charge on any atom is -0.395 e. The number of nitrogens with zero attached hydrogens (tertiary/aromatic N) is 2. The highest BCUT2D eigenvalue weighted by molar-refractivity contribution is 5.92. The third-order valence-electron chi connectivity index (χ3n) is 2.88. The van der Waals surface area contributed by atoms with E-state index in [4.69, 9.17) is 5.11 Å². The van der Waals surface area contributed by atoms with Crippen LogP contribution in [0.1, 0.15) is 41.0 Å². The summed E-state index contributed by atoms with van der Waals surface area (Å²) in [5.41, 5.74) is 2.11. The molecule has 1 heterocycles. The predicted octanol–water partition coefficient (Wildman–Crippen LogP) is 1.03. The van der Waals surface area contributed by atoms with Gasteiger partial charge < -0.3 is 10.4 Å². The zero-order chi connectivity index (χ0) is 15.1. The lowest BCUT2D eigenvalue weighted by Crippen LogP contribution is -2.26. The Balaban J connectivity index is 1.98. The van der Waals surface area contributed by atoms with Crippen LogP contribution >= 0.6 is 0 Å². The van der Waals surface area contributed by atoms with E-state index in [0.717, 1.165) is 11.1 Å². The summed E-state index contributed by atoms with van der Waals surface area (Å²) in [6.07, 6.45) is 1.84. The minimum absolute atomic E-state index is 0.0657. The lowest BCUT2D eigenvalue weighted by molar-refractivity contribution is 0.0935. The lowest BCUT2D eigenvalue weighted by Gasteiger charge is -2.13. The molecule has 6 heteroatoms. The summed E-state index contributed by atoms with van der Waals surface area (Å²) in [6.45, 7) is 1.96. The van der Waals surface area contributed by atoms with Gasteiger partial charge in [0.2, 0.25) is 0 Å². The quantitative estimate of drug-likeness (QED) is 0.731. The molecule has 1 atom stereocenters. The van der Waals surface area contributed by atoms with Crippen LogP contribution in [0.2, 0.25) is 0 Å². The first-order valence-corrected chi connectivity index (χ1v) is 6.57. The largest absolute Gasteiger partial charge is 0.395 e. The molecule has 1 aromatic carbocycles. The first-order valence-electron chi connectivity index (χ1n) is 6.57. The Kier molecular flexibility index (Phi) is 5.07. The van der Waals surface area contributed by atoms with E-state index in [1.165, 1.54) is 6.20 Å². The zero-order valence-corrected chi connectivity index (χ0v) is 11.6. The van der Waals surface area contributed by atoms with Gasteiger partial charge in [-0.15, -0.1) is 0 Å². The van der Waals surface area contributed by atoms with Crippen molar-refractivity contribution in [1.82, 2.24) is 20.7 Å². The number of rotatable bonds is 4. The van der Waals surface area contributed by atoms with Crippen LogP contribution in [0.5, 0.6) is 0 Å². The second-order valence-electron chi connectivity index (χ2n) is 4.45. The van der Waals surface area contributed by atoms with Crippen LogP contribution in [0.3, 0.4) is 0 Å². The smallest absolute Gasteiger partial charge is 0.273 e. The normalized spacial score (nSPS) is 11.3. The van der Waals surface area contributed by atoms with Gasteiger partial charge in [-0.3, -0.25) is 4.79 Å². The molecule has 0 bridgehead atoms. The molecule has 0 fully saturated rings. The van der Waals surface area contributed by atoms with Crippen LogP contribution in [-0.2, 0) is 0 Å². The van der Waals surface area contributed by atoms with Gasteiger partial charge in [-0.25, -0.2) is 0 Å². The monoisotopic (exact) mass is 284 g/mol. The Morgan fingerprint density at radius 3 is 2.81 bits per heavy atom. The van der Waals surface area contributed by atoms with E-state index < -0.39 is 0 Å². The molecule has 0 spiro atoms. The summed E-state index contributed by atoms with van der Waals surface area (Å²) < 4.78 is 0. The molecule has 0 aliphatic carbocycles. The fourth-order valence-corrected chi connectivity index (χ4v) is 1.74. The lowest BCUT2D eigenvalue weighted by atomic mass is 10.1. The highest BCUT2D eigenvalue weighted by Crippen LogP contribution is 2.13. The maximum Gasteiger partial charge on any atom is 0.273 e. The van der Waals surface area contributed by atoms with E-state index in [9.17, 15) is 4.79 Å². The van der Waals surface area contributed by atoms with Gasteiger partial charge in [-0.2, -0.15) is 15.4 Å². The van der Waals surface area contributed by atoms with Gasteiger partial charge in [-0.1, -0.05) is 24.0 Å². The van der Waals surface area contributed by atoms with Gasteiger partial charge in [0.25, 0.3) is 5.91 Å². The Bertz CT molecular complexity index is 639. The molecule has 1 aromatic heterocycles. The van der Waals surface area contributed by atoms with Gasteiger partial charge in [0, 0.05) is 12.0 Å². The third-order valence-corrected chi connectivity index (χ3v) is 2.88. The molecule has 108 valence electrons. The second-order valence-corrected chi connectivity index (χ2v) is 4.45. The number of hydrogen-bond acceptors (Lipinski definition) is 4. The Labute approximate surface area is 122 Å². The van der Waals surface area contributed by atoms with Crippen LogP contribution in [0, 0.1) is 11.8 Å². The van der Waals surface area contributed by atoms with E-state index in [2.05, 4.69) is 32.6 Å². The number of hydrogen-bond donors (Lipinski definition) is 3. The molecule has 1 amide bonds. The summed E-state index contributed by atoms with van der Waals surface area (Å²) in [5.74, 6) is 5.54. The van der Waals surface area contributed by atoms with Crippen molar-refractivity contribution in [1.29, 1.82) is 0 Å². The Hall–Kier alpha value is -2.65. The molecule has 21 heavy (non-hydrogen) atoms. The fourth-order valence-electron chi connectivity index (χ4n) is 1.74.